The summed E-state index contributed by atoms with van der Waals surface area (Å²) in [5.74, 6) is 0. The van der Waals surface area contributed by atoms with Gasteiger partial charge in [-0.15, -0.1) is 0 Å². The maximum atomic E-state index is 11.7. The summed E-state index contributed by atoms with van der Waals surface area (Å²) in [5, 5.41) is 12.4. The van der Waals surface area contributed by atoms with Crippen LogP contribution >= 0.6 is 11.6 Å². The van der Waals surface area contributed by atoms with Crippen molar-refractivity contribution in [2.24, 2.45) is 5.41 Å². The summed E-state index contributed by atoms with van der Waals surface area (Å²) < 4.78 is 0. The molecule has 0 amide bonds. The molecule has 1 aromatic carbocycles. The first-order valence-corrected chi connectivity index (χ1v) is 7.67. The summed E-state index contributed by atoms with van der Waals surface area (Å²) in [6.45, 7) is 6.15. The van der Waals surface area contributed by atoms with Crippen LogP contribution in [0.2, 0.25) is 5.02 Å². The van der Waals surface area contributed by atoms with Crippen LogP contribution < -0.4 is 0 Å². The maximum absolute atomic E-state index is 11.7. The molecular weight excluding hydrogens is 282 g/mol. The zero-order valence-corrected chi connectivity index (χ0v) is 13.4. The first-order chi connectivity index (χ1) is 9.84. The van der Waals surface area contributed by atoms with Gasteiger partial charge in [0.05, 0.1) is 5.69 Å². The quantitative estimate of drug-likeness (QED) is 0.794. The van der Waals surface area contributed by atoms with Crippen LogP contribution in [-0.4, -0.2) is 10.1 Å². The van der Waals surface area contributed by atoms with Gasteiger partial charge in [0.2, 0.25) is 0 Å². The summed E-state index contributed by atoms with van der Waals surface area (Å²) >= 11 is 6.15. The van der Waals surface area contributed by atoms with Gasteiger partial charge in [-0.25, -0.2) is 0 Å². The SMILES string of the molecule is CC(C)(C)C1(O)c2ccc(Cl)cc2CCc2cccnc21. The summed E-state index contributed by atoms with van der Waals surface area (Å²) in [6.07, 6.45) is 3.50. The van der Waals surface area contributed by atoms with Crippen LogP contribution in [0.15, 0.2) is 36.5 Å². The van der Waals surface area contributed by atoms with Gasteiger partial charge in [0.1, 0.15) is 5.60 Å². The lowest BCUT2D eigenvalue weighted by molar-refractivity contribution is -0.0301. The molecule has 1 aromatic heterocycles. The van der Waals surface area contributed by atoms with Gasteiger partial charge in [0.25, 0.3) is 0 Å². The zero-order chi connectivity index (χ0) is 15.3. The van der Waals surface area contributed by atoms with E-state index in [2.05, 4.69) is 31.8 Å². The molecule has 0 saturated carbocycles. The standard InChI is InChI=1S/C18H20ClNO/c1-17(2,3)18(21)15-9-8-14(19)11-13(15)7-6-12-5-4-10-20-16(12)18/h4-5,8-11,21H,6-7H2,1-3H3. The van der Waals surface area contributed by atoms with Crippen LogP contribution in [0.3, 0.4) is 0 Å². The molecule has 1 heterocycles. The minimum Gasteiger partial charge on any atom is -0.378 e. The molecule has 3 rings (SSSR count). The lowest BCUT2D eigenvalue weighted by Crippen LogP contribution is -2.42. The van der Waals surface area contributed by atoms with Crippen LogP contribution in [0.1, 0.15) is 43.2 Å². The molecule has 0 spiro atoms. The highest BCUT2D eigenvalue weighted by molar-refractivity contribution is 6.30. The molecule has 0 radical (unpaired) electrons. The fraction of sp³-hybridized carbons (Fsp3) is 0.389. The molecular formula is C18H20ClNO. The van der Waals surface area contributed by atoms with Crippen molar-refractivity contribution in [2.75, 3.05) is 0 Å². The second-order valence-electron chi connectivity index (χ2n) is 6.77. The third kappa shape index (κ3) is 2.18. The number of pyridine rings is 1. The Morgan fingerprint density at radius 1 is 1.14 bits per heavy atom. The smallest absolute Gasteiger partial charge is 0.137 e. The van der Waals surface area contributed by atoms with Crippen molar-refractivity contribution in [1.82, 2.24) is 4.98 Å². The van der Waals surface area contributed by atoms with E-state index < -0.39 is 5.60 Å². The summed E-state index contributed by atoms with van der Waals surface area (Å²) in [4.78, 5) is 4.54. The predicted octanol–water partition coefficient (Wildman–Crippen LogP) is 4.12. The fourth-order valence-electron chi connectivity index (χ4n) is 3.24. The zero-order valence-electron chi connectivity index (χ0n) is 12.7. The molecule has 1 aliphatic carbocycles. The number of hydrogen-bond donors (Lipinski definition) is 1. The molecule has 1 aliphatic rings. The number of aryl methyl sites for hydroxylation is 2. The van der Waals surface area contributed by atoms with Gasteiger partial charge in [-0.1, -0.05) is 44.5 Å². The molecule has 0 fully saturated rings. The average Bonchev–Trinajstić information content (AvgIpc) is 2.55. The van der Waals surface area contributed by atoms with Crippen molar-refractivity contribution >= 4 is 11.6 Å². The van der Waals surface area contributed by atoms with Crippen molar-refractivity contribution in [3.8, 4) is 0 Å². The Kier molecular flexibility index (Phi) is 3.34. The van der Waals surface area contributed by atoms with Crippen molar-refractivity contribution in [1.29, 1.82) is 0 Å². The van der Waals surface area contributed by atoms with Gasteiger partial charge in [0, 0.05) is 16.6 Å². The third-order valence-electron chi connectivity index (χ3n) is 4.44. The molecule has 2 aromatic rings. The normalized spacial score (nSPS) is 21.4. The van der Waals surface area contributed by atoms with E-state index in [1.165, 1.54) is 0 Å². The molecule has 1 N–H and O–H groups in total. The van der Waals surface area contributed by atoms with Gasteiger partial charge in [-0.05, 0) is 47.7 Å². The van der Waals surface area contributed by atoms with Gasteiger partial charge >= 0.3 is 0 Å². The summed E-state index contributed by atoms with van der Waals surface area (Å²) in [7, 11) is 0. The Labute approximate surface area is 130 Å². The minimum atomic E-state index is -1.11. The Morgan fingerprint density at radius 3 is 2.57 bits per heavy atom. The lowest BCUT2D eigenvalue weighted by Gasteiger charge is -2.41. The van der Waals surface area contributed by atoms with Crippen LogP contribution in [0.5, 0.6) is 0 Å². The Morgan fingerprint density at radius 2 is 1.86 bits per heavy atom. The number of fused-ring (bicyclic) bond motifs is 2. The van der Waals surface area contributed by atoms with E-state index in [0.717, 1.165) is 35.2 Å². The number of nitrogens with zero attached hydrogens (tertiary/aromatic N) is 1. The summed E-state index contributed by atoms with van der Waals surface area (Å²) in [5.41, 5.74) is 2.44. The van der Waals surface area contributed by atoms with Crippen molar-refractivity contribution in [2.45, 2.75) is 39.2 Å². The number of hydrogen-bond acceptors (Lipinski definition) is 2. The highest BCUT2D eigenvalue weighted by Gasteiger charge is 2.47. The topological polar surface area (TPSA) is 33.1 Å². The van der Waals surface area contributed by atoms with Crippen LogP contribution in [0.4, 0.5) is 0 Å². The second kappa shape index (κ2) is 4.82. The fourth-order valence-corrected chi connectivity index (χ4v) is 3.44. The van der Waals surface area contributed by atoms with E-state index in [9.17, 15) is 5.11 Å². The molecule has 1 unspecified atom stereocenters. The van der Waals surface area contributed by atoms with Gasteiger partial charge < -0.3 is 5.11 Å². The van der Waals surface area contributed by atoms with E-state index in [0.29, 0.717) is 5.02 Å². The van der Waals surface area contributed by atoms with E-state index >= 15 is 0 Å². The van der Waals surface area contributed by atoms with E-state index in [4.69, 9.17) is 11.6 Å². The molecule has 1 atom stereocenters. The van der Waals surface area contributed by atoms with E-state index in [1.54, 1.807) is 6.20 Å². The number of aromatic nitrogens is 1. The van der Waals surface area contributed by atoms with Gasteiger partial charge in [0.15, 0.2) is 0 Å². The number of aliphatic hydroxyl groups is 1. The highest BCUT2D eigenvalue weighted by Crippen LogP contribution is 2.48. The number of halogens is 1. The molecule has 110 valence electrons. The molecule has 0 aliphatic heterocycles. The Hall–Kier alpha value is -1.38. The highest BCUT2D eigenvalue weighted by atomic mass is 35.5. The van der Waals surface area contributed by atoms with Gasteiger partial charge in [-0.2, -0.15) is 0 Å². The third-order valence-corrected chi connectivity index (χ3v) is 4.68. The minimum absolute atomic E-state index is 0.372. The Bertz CT molecular complexity index is 690. The molecule has 21 heavy (non-hydrogen) atoms. The largest absolute Gasteiger partial charge is 0.378 e. The van der Waals surface area contributed by atoms with E-state index in [1.807, 2.05) is 24.3 Å². The van der Waals surface area contributed by atoms with E-state index in [-0.39, 0.29) is 5.41 Å². The molecule has 3 heteroatoms. The van der Waals surface area contributed by atoms with Gasteiger partial charge in [-0.3, -0.25) is 4.98 Å². The average molecular weight is 302 g/mol. The first kappa shape index (κ1) is 14.6. The second-order valence-corrected chi connectivity index (χ2v) is 7.21. The molecule has 0 saturated heterocycles. The molecule has 0 bridgehead atoms. The van der Waals surface area contributed by atoms with Crippen LogP contribution in [0.25, 0.3) is 0 Å². The maximum Gasteiger partial charge on any atom is 0.137 e. The lowest BCUT2D eigenvalue weighted by atomic mass is 9.69. The predicted molar refractivity (Wildman–Crippen MR) is 85.6 cm³/mol. The summed E-state index contributed by atoms with van der Waals surface area (Å²) in [6, 6.07) is 9.77. The van der Waals surface area contributed by atoms with Crippen LogP contribution in [-0.2, 0) is 18.4 Å². The van der Waals surface area contributed by atoms with Crippen molar-refractivity contribution in [3.05, 3.63) is 63.9 Å². The first-order valence-electron chi connectivity index (χ1n) is 7.29. The van der Waals surface area contributed by atoms with Crippen molar-refractivity contribution in [3.63, 3.8) is 0 Å². The monoisotopic (exact) mass is 301 g/mol. The molecule has 2 nitrogen and oxygen atoms in total. The number of benzene rings is 1. The van der Waals surface area contributed by atoms with Crippen LogP contribution in [0, 0.1) is 5.41 Å². The van der Waals surface area contributed by atoms with Crippen molar-refractivity contribution < 1.29 is 5.11 Å². The Balaban J connectivity index is 2.36. The number of rotatable bonds is 0.